The minimum Gasteiger partial charge on any atom is -0.480 e. The summed E-state index contributed by atoms with van der Waals surface area (Å²) in [4.78, 5) is 27.8. The second-order valence-corrected chi connectivity index (χ2v) is 12.7. The van der Waals surface area contributed by atoms with Crippen molar-refractivity contribution in [3.63, 3.8) is 0 Å². The highest BCUT2D eigenvalue weighted by atomic mass is 32.2. The molecule has 1 heterocycles. The topological polar surface area (TPSA) is 78.9 Å². The number of nitrogens with zero attached hydrogens (tertiary/aromatic N) is 1. The van der Waals surface area contributed by atoms with Crippen LogP contribution in [0.5, 0.6) is 0 Å². The molecule has 2 fully saturated rings. The Morgan fingerprint density at radius 1 is 1.10 bits per heavy atom. The monoisotopic (exact) mass is 566 g/mol. The van der Waals surface area contributed by atoms with Gasteiger partial charge < -0.3 is 15.2 Å². The first kappa shape index (κ1) is 30.6. The summed E-state index contributed by atoms with van der Waals surface area (Å²) in [6.45, 7) is 4.68. The Hall–Kier alpha value is -2.35. The minimum atomic E-state index is -1.00. The van der Waals surface area contributed by atoms with Crippen LogP contribution >= 0.6 is 11.8 Å². The zero-order valence-corrected chi connectivity index (χ0v) is 25.2. The maximum Gasteiger partial charge on any atom is 0.326 e. The van der Waals surface area contributed by atoms with Crippen molar-refractivity contribution in [3.05, 3.63) is 59.2 Å². The van der Waals surface area contributed by atoms with Crippen molar-refractivity contribution in [1.82, 2.24) is 10.2 Å². The number of carbonyl (C=O) groups excluding carboxylic acids is 1. The average Bonchev–Trinajstić information content (AvgIpc) is 3.31. The fourth-order valence-electron chi connectivity index (χ4n) is 6.66. The van der Waals surface area contributed by atoms with E-state index in [9.17, 15) is 14.7 Å². The van der Waals surface area contributed by atoms with E-state index in [0.717, 1.165) is 47.9 Å². The first-order valence-corrected chi connectivity index (χ1v) is 16.2. The van der Waals surface area contributed by atoms with Crippen LogP contribution in [0.3, 0.4) is 0 Å². The van der Waals surface area contributed by atoms with Crippen LogP contribution in [0, 0.1) is 18.8 Å². The normalized spacial score (nSPS) is 20.9. The number of nitrogens with one attached hydrogen (secondary N) is 1. The molecule has 1 aliphatic heterocycles. The Morgan fingerprint density at radius 2 is 1.88 bits per heavy atom. The molecule has 0 aromatic heterocycles. The number of thioether (sulfide) groups is 1. The summed E-state index contributed by atoms with van der Waals surface area (Å²) in [6, 6.07) is 13.6. The molecule has 0 radical (unpaired) electrons. The largest absolute Gasteiger partial charge is 0.480 e. The van der Waals surface area contributed by atoms with Crippen LogP contribution in [0.15, 0.2) is 42.5 Å². The summed E-state index contributed by atoms with van der Waals surface area (Å²) in [5.41, 5.74) is 4.60. The summed E-state index contributed by atoms with van der Waals surface area (Å²) in [5, 5.41) is 12.5. The predicted molar refractivity (Wildman–Crippen MR) is 164 cm³/mol. The number of carboxylic acids is 1. The predicted octanol–water partition coefficient (Wildman–Crippen LogP) is 6.41. The zero-order chi connectivity index (χ0) is 28.5. The molecule has 0 spiro atoms. The lowest BCUT2D eigenvalue weighted by molar-refractivity contribution is -0.139. The lowest BCUT2D eigenvalue weighted by Crippen LogP contribution is -2.41. The molecular formula is C33H46N2O4S. The summed E-state index contributed by atoms with van der Waals surface area (Å²) in [7, 11) is 1.79. The summed E-state index contributed by atoms with van der Waals surface area (Å²) in [5.74, 6) is 0.902. The standard InChI is InChI=1S/C33H46N2O4S/c1-23-9-7-8-12-28(23)30-19-25(13-14-29(30)32(36)34-31(33(37)38)15-16-40-3)20-35-21-26(18-27(35)22-39-2)17-24-10-5-4-6-11-24/h7-9,12-14,19,24,26-27,31H,4-6,10-11,15-18,20-22H2,1-3H3,(H,34,36)(H,37,38)/t26-,27-,31+/m1/s1. The molecule has 3 atom stereocenters. The van der Waals surface area contributed by atoms with Gasteiger partial charge in [-0.15, -0.1) is 0 Å². The van der Waals surface area contributed by atoms with Gasteiger partial charge in [0.05, 0.1) is 6.61 Å². The molecule has 0 bridgehead atoms. The van der Waals surface area contributed by atoms with Gasteiger partial charge in [-0.25, -0.2) is 4.79 Å². The SMILES string of the molecule is COC[C@H]1C[C@@H](CC2CCCCC2)CN1Cc1ccc(C(=O)N[C@@H](CCSC)C(=O)O)c(-c2ccccc2C)c1. The molecule has 0 unspecified atom stereocenters. The first-order valence-electron chi connectivity index (χ1n) is 14.8. The molecular weight excluding hydrogens is 520 g/mol. The summed E-state index contributed by atoms with van der Waals surface area (Å²) >= 11 is 1.57. The molecule has 6 nitrogen and oxygen atoms in total. The summed E-state index contributed by atoms with van der Waals surface area (Å²) in [6.07, 6.45) is 11.8. The van der Waals surface area contributed by atoms with Gasteiger partial charge in [-0.3, -0.25) is 9.69 Å². The number of ether oxygens (including phenoxy) is 1. The van der Waals surface area contributed by atoms with Crippen molar-refractivity contribution in [3.8, 4) is 11.1 Å². The van der Waals surface area contributed by atoms with Crippen molar-refractivity contribution in [2.24, 2.45) is 11.8 Å². The van der Waals surface area contributed by atoms with Crippen molar-refractivity contribution in [1.29, 1.82) is 0 Å². The lowest BCUT2D eigenvalue weighted by Gasteiger charge is -2.25. The molecule has 218 valence electrons. The van der Waals surface area contributed by atoms with Crippen LogP contribution in [-0.4, -0.2) is 66.2 Å². The van der Waals surface area contributed by atoms with E-state index in [-0.39, 0.29) is 5.91 Å². The van der Waals surface area contributed by atoms with E-state index >= 15 is 0 Å². The zero-order valence-electron chi connectivity index (χ0n) is 24.4. The number of rotatable bonds is 13. The van der Waals surface area contributed by atoms with Gasteiger partial charge in [0.1, 0.15) is 6.04 Å². The molecule has 1 aliphatic carbocycles. The molecule has 2 N–H and O–H groups in total. The maximum atomic E-state index is 13.4. The van der Waals surface area contributed by atoms with Gasteiger partial charge >= 0.3 is 5.97 Å². The highest BCUT2D eigenvalue weighted by Crippen LogP contribution is 2.36. The third-order valence-corrected chi connectivity index (χ3v) is 9.37. The van der Waals surface area contributed by atoms with Crippen LogP contribution in [0.2, 0.25) is 0 Å². The number of carbonyl (C=O) groups is 2. The van der Waals surface area contributed by atoms with Gasteiger partial charge in [0.2, 0.25) is 0 Å². The van der Waals surface area contributed by atoms with Crippen molar-refractivity contribution in [2.75, 3.05) is 32.3 Å². The van der Waals surface area contributed by atoms with Crippen LogP contribution in [0.1, 0.15) is 72.9 Å². The average molecular weight is 567 g/mol. The highest BCUT2D eigenvalue weighted by molar-refractivity contribution is 7.98. The molecule has 7 heteroatoms. The molecule has 2 aliphatic rings. The third-order valence-electron chi connectivity index (χ3n) is 8.73. The van der Waals surface area contributed by atoms with Crippen molar-refractivity contribution < 1.29 is 19.4 Å². The number of likely N-dealkylation sites (tertiary alicyclic amines) is 1. The summed E-state index contributed by atoms with van der Waals surface area (Å²) < 4.78 is 5.63. The number of hydrogen-bond donors (Lipinski definition) is 2. The van der Waals surface area contributed by atoms with Crippen molar-refractivity contribution >= 4 is 23.6 Å². The van der Waals surface area contributed by atoms with E-state index in [4.69, 9.17) is 4.74 Å². The van der Waals surface area contributed by atoms with Gasteiger partial charge in [0.15, 0.2) is 0 Å². The van der Waals surface area contributed by atoms with E-state index in [1.165, 1.54) is 44.9 Å². The Balaban J connectivity index is 1.56. The number of carboxylic acid groups (broad SMARTS) is 1. The molecule has 2 aromatic carbocycles. The molecule has 1 saturated carbocycles. The quantitative estimate of drug-likeness (QED) is 0.292. The molecule has 1 saturated heterocycles. The number of amides is 1. The molecule has 40 heavy (non-hydrogen) atoms. The van der Waals surface area contributed by atoms with Crippen LogP contribution in [-0.2, 0) is 16.1 Å². The van der Waals surface area contributed by atoms with E-state index < -0.39 is 12.0 Å². The Labute approximate surface area is 244 Å². The van der Waals surface area contributed by atoms with E-state index in [1.807, 2.05) is 49.6 Å². The van der Waals surface area contributed by atoms with Gasteiger partial charge in [-0.05, 0) is 84.4 Å². The highest BCUT2D eigenvalue weighted by Gasteiger charge is 2.34. The Kier molecular flexibility index (Phi) is 11.5. The smallest absolute Gasteiger partial charge is 0.326 e. The molecule has 1 amide bonds. The van der Waals surface area contributed by atoms with Gasteiger partial charge in [0, 0.05) is 31.8 Å². The first-order chi connectivity index (χ1) is 19.4. The van der Waals surface area contributed by atoms with E-state index in [2.05, 4.69) is 16.3 Å². The fraction of sp³-hybridized carbons (Fsp3) is 0.576. The minimum absolute atomic E-state index is 0.343. The third kappa shape index (κ3) is 8.11. The molecule has 4 rings (SSSR count). The van der Waals surface area contributed by atoms with E-state index in [1.54, 1.807) is 18.9 Å². The number of hydrogen-bond acceptors (Lipinski definition) is 5. The second-order valence-electron chi connectivity index (χ2n) is 11.7. The van der Waals surface area contributed by atoms with Crippen LogP contribution in [0.4, 0.5) is 0 Å². The number of aliphatic carboxylic acids is 1. The van der Waals surface area contributed by atoms with Gasteiger partial charge in [-0.2, -0.15) is 11.8 Å². The number of aryl methyl sites for hydroxylation is 1. The van der Waals surface area contributed by atoms with Gasteiger partial charge in [-0.1, -0.05) is 62.4 Å². The van der Waals surface area contributed by atoms with Crippen molar-refractivity contribution in [2.45, 2.75) is 76.9 Å². The maximum absolute atomic E-state index is 13.4. The number of benzene rings is 2. The fourth-order valence-corrected chi connectivity index (χ4v) is 7.13. The Morgan fingerprint density at radius 3 is 2.58 bits per heavy atom. The van der Waals surface area contributed by atoms with Crippen LogP contribution in [0.25, 0.3) is 11.1 Å². The van der Waals surface area contributed by atoms with E-state index in [0.29, 0.717) is 29.7 Å². The van der Waals surface area contributed by atoms with Crippen LogP contribution < -0.4 is 5.32 Å². The van der Waals surface area contributed by atoms with Gasteiger partial charge in [0.25, 0.3) is 5.91 Å². The lowest BCUT2D eigenvalue weighted by atomic mass is 9.82. The second kappa shape index (κ2) is 15.0. The molecule has 2 aromatic rings. The number of methoxy groups -OCH3 is 1. The Bertz CT molecular complexity index is 1130.